The van der Waals surface area contributed by atoms with Crippen LogP contribution in [-0.2, 0) is 0 Å². The zero-order valence-electron chi connectivity index (χ0n) is 11.9. The lowest BCUT2D eigenvalue weighted by atomic mass is 10.1. The van der Waals surface area contributed by atoms with Crippen LogP contribution in [0, 0.1) is 0 Å². The van der Waals surface area contributed by atoms with Gasteiger partial charge in [0, 0.05) is 25.0 Å². The molecule has 0 atom stereocenters. The number of aliphatic imine (C=N–C) groups is 1. The Morgan fingerprint density at radius 1 is 1.26 bits per heavy atom. The summed E-state index contributed by atoms with van der Waals surface area (Å²) in [5, 5.41) is 0. The monoisotopic (exact) mass is 259 g/mol. The Morgan fingerprint density at radius 2 is 2.00 bits per heavy atom. The van der Waals surface area contributed by atoms with Crippen molar-refractivity contribution in [2.75, 3.05) is 13.1 Å². The standard InChI is InChI=1S/C16H25N3/c1-15(17)10-6-3-4-7-11-16(14-18-2)19-12-8-5-9-13-19/h3,6-7,10-11,14H,2,4-5,8-9,12-13,17H2,1H3/b6-3-,11-7-,15-10-,16-14+. The van der Waals surface area contributed by atoms with E-state index in [0.29, 0.717) is 0 Å². The minimum Gasteiger partial charge on any atom is -0.402 e. The molecule has 0 aromatic carbocycles. The number of likely N-dealkylation sites (tertiary alicyclic amines) is 1. The van der Waals surface area contributed by atoms with Crippen molar-refractivity contribution in [3.05, 3.63) is 48.0 Å². The number of nitrogens with two attached hydrogens (primary N) is 1. The van der Waals surface area contributed by atoms with Gasteiger partial charge in [0.25, 0.3) is 0 Å². The summed E-state index contributed by atoms with van der Waals surface area (Å²) in [4.78, 5) is 6.28. The molecule has 3 nitrogen and oxygen atoms in total. The van der Waals surface area contributed by atoms with Gasteiger partial charge in [0.05, 0.1) is 5.70 Å². The first kappa shape index (κ1) is 15.3. The molecular formula is C16H25N3. The van der Waals surface area contributed by atoms with Crippen molar-refractivity contribution >= 4 is 6.72 Å². The van der Waals surface area contributed by atoms with E-state index in [1.54, 1.807) is 0 Å². The van der Waals surface area contributed by atoms with Crippen molar-refractivity contribution in [1.82, 2.24) is 4.90 Å². The third-order valence-electron chi connectivity index (χ3n) is 3.00. The maximum atomic E-state index is 5.55. The van der Waals surface area contributed by atoms with Crippen LogP contribution in [0.2, 0.25) is 0 Å². The summed E-state index contributed by atoms with van der Waals surface area (Å²) in [6.45, 7) is 7.68. The van der Waals surface area contributed by atoms with Crippen molar-refractivity contribution in [3.63, 3.8) is 0 Å². The molecular weight excluding hydrogens is 234 g/mol. The van der Waals surface area contributed by atoms with Gasteiger partial charge in [0.15, 0.2) is 0 Å². The van der Waals surface area contributed by atoms with E-state index < -0.39 is 0 Å². The SMILES string of the molecule is C=N/C=C(\C=C/C/C=C\C=C(\C)N)N1CCCCC1. The van der Waals surface area contributed by atoms with Crippen LogP contribution in [0.5, 0.6) is 0 Å². The number of allylic oxidation sites excluding steroid dienone is 6. The Kier molecular flexibility index (Phi) is 7.40. The molecule has 0 unspecified atom stereocenters. The van der Waals surface area contributed by atoms with Gasteiger partial charge in [-0.15, -0.1) is 0 Å². The quantitative estimate of drug-likeness (QED) is 0.587. The lowest BCUT2D eigenvalue weighted by Gasteiger charge is -2.29. The lowest BCUT2D eigenvalue weighted by molar-refractivity contribution is 0.292. The number of rotatable bonds is 6. The molecule has 0 bridgehead atoms. The summed E-state index contributed by atoms with van der Waals surface area (Å²) in [5.41, 5.74) is 7.53. The summed E-state index contributed by atoms with van der Waals surface area (Å²) in [6.07, 6.45) is 16.8. The summed E-state index contributed by atoms with van der Waals surface area (Å²) >= 11 is 0. The van der Waals surface area contributed by atoms with E-state index in [1.165, 1.54) is 19.3 Å². The Balaban J connectivity index is 2.49. The fourth-order valence-electron chi connectivity index (χ4n) is 2.04. The van der Waals surface area contributed by atoms with Gasteiger partial charge in [-0.2, -0.15) is 0 Å². The van der Waals surface area contributed by atoms with Crippen molar-refractivity contribution in [2.45, 2.75) is 32.6 Å². The summed E-state index contributed by atoms with van der Waals surface area (Å²) in [5.74, 6) is 0. The second-order valence-corrected chi connectivity index (χ2v) is 4.76. The number of hydrogen-bond acceptors (Lipinski definition) is 3. The van der Waals surface area contributed by atoms with E-state index in [0.717, 1.165) is 30.9 Å². The average Bonchev–Trinajstić information content (AvgIpc) is 2.42. The number of nitrogens with zero attached hydrogens (tertiary/aromatic N) is 2. The Morgan fingerprint density at radius 3 is 2.63 bits per heavy atom. The van der Waals surface area contributed by atoms with Gasteiger partial charge in [-0.3, -0.25) is 4.99 Å². The molecule has 0 radical (unpaired) electrons. The van der Waals surface area contributed by atoms with Crippen LogP contribution in [0.25, 0.3) is 0 Å². The topological polar surface area (TPSA) is 41.6 Å². The van der Waals surface area contributed by atoms with Gasteiger partial charge in [-0.05, 0) is 51.5 Å². The van der Waals surface area contributed by atoms with Gasteiger partial charge in [0.1, 0.15) is 0 Å². The minimum atomic E-state index is 0.824. The molecule has 1 rings (SSSR count). The van der Waals surface area contributed by atoms with Crippen LogP contribution in [0.3, 0.4) is 0 Å². The van der Waals surface area contributed by atoms with Crippen molar-refractivity contribution in [2.24, 2.45) is 10.7 Å². The van der Waals surface area contributed by atoms with Gasteiger partial charge in [-0.25, -0.2) is 0 Å². The molecule has 19 heavy (non-hydrogen) atoms. The molecule has 0 aromatic rings. The highest BCUT2D eigenvalue weighted by atomic mass is 15.1. The Bertz CT molecular complexity index is 379. The van der Waals surface area contributed by atoms with E-state index in [4.69, 9.17) is 5.73 Å². The summed E-state index contributed by atoms with van der Waals surface area (Å²) in [6, 6.07) is 0. The van der Waals surface area contributed by atoms with E-state index in [9.17, 15) is 0 Å². The maximum Gasteiger partial charge on any atom is 0.0548 e. The molecule has 104 valence electrons. The second-order valence-electron chi connectivity index (χ2n) is 4.76. The van der Waals surface area contributed by atoms with Gasteiger partial charge in [0.2, 0.25) is 0 Å². The molecule has 0 aliphatic carbocycles. The highest BCUT2D eigenvalue weighted by Crippen LogP contribution is 2.15. The molecule has 1 fully saturated rings. The fourth-order valence-corrected chi connectivity index (χ4v) is 2.04. The fraction of sp³-hybridized carbons (Fsp3) is 0.438. The van der Waals surface area contributed by atoms with Crippen LogP contribution < -0.4 is 5.73 Å². The molecule has 1 aliphatic rings. The molecule has 0 aromatic heterocycles. The largest absolute Gasteiger partial charge is 0.402 e. The molecule has 1 saturated heterocycles. The van der Waals surface area contributed by atoms with Crippen LogP contribution in [-0.4, -0.2) is 24.7 Å². The number of hydrogen-bond donors (Lipinski definition) is 1. The Hall–Kier alpha value is -1.77. The molecule has 2 N–H and O–H groups in total. The highest BCUT2D eigenvalue weighted by Gasteiger charge is 2.10. The molecule has 1 heterocycles. The van der Waals surface area contributed by atoms with Crippen LogP contribution in [0.15, 0.2) is 53.0 Å². The first-order valence-electron chi connectivity index (χ1n) is 6.90. The van der Waals surface area contributed by atoms with E-state index >= 15 is 0 Å². The van der Waals surface area contributed by atoms with E-state index in [2.05, 4.69) is 34.8 Å². The van der Waals surface area contributed by atoms with Gasteiger partial charge >= 0.3 is 0 Å². The van der Waals surface area contributed by atoms with E-state index in [1.807, 2.05) is 25.3 Å². The summed E-state index contributed by atoms with van der Waals surface area (Å²) < 4.78 is 0. The third kappa shape index (κ3) is 6.65. The molecule has 0 spiro atoms. The normalized spacial score (nSPS) is 18.5. The average molecular weight is 259 g/mol. The smallest absolute Gasteiger partial charge is 0.0548 e. The van der Waals surface area contributed by atoms with Crippen LogP contribution in [0.1, 0.15) is 32.6 Å². The van der Waals surface area contributed by atoms with E-state index in [-0.39, 0.29) is 0 Å². The summed E-state index contributed by atoms with van der Waals surface area (Å²) in [7, 11) is 0. The second kappa shape index (κ2) is 9.20. The zero-order chi connectivity index (χ0) is 13.9. The number of piperidine rings is 1. The molecule has 0 amide bonds. The van der Waals surface area contributed by atoms with Gasteiger partial charge < -0.3 is 10.6 Å². The maximum absolute atomic E-state index is 5.55. The molecule has 0 saturated carbocycles. The molecule has 1 aliphatic heterocycles. The third-order valence-corrected chi connectivity index (χ3v) is 3.00. The van der Waals surface area contributed by atoms with Crippen LogP contribution >= 0.6 is 0 Å². The Labute approximate surface area is 116 Å². The molecule has 3 heteroatoms. The zero-order valence-corrected chi connectivity index (χ0v) is 11.9. The lowest BCUT2D eigenvalue weighted by Crippen LogP contribution is -2.28. The van der Waals surface area contributed by atoms with Crippen molar-refractivity contribution in [1.29, 1.82) is 0 Å². The van der Waals surface area contributed by atoms with Crippen LogP contribution in [0.4, 0.5) is 0 Å². The predicted octanol–water partition coefficient (Wildman–Crippen LogP) is 3.38. The van der Waals surface area contributed by atoms with Crippen molar-refractivity contribution in [3.8, 4) is 0 Å². The van der Waals surface area contributed by atoms with Gasteiger partial charge in [-0.1, -0.05) is 18.2 Å². The minimum absolute atomic E-state index is 0.824. The highest BCUT2D eigenvalue weighted by molar-refractivity contribution is 5.29. The van der Waals surface area contributed by atoms with Crippen molar-refractivity contribution < 1.29 is 0 Å². The predicted molar refractivity (Wildman–Crippen MR) is 83.9 cm³/mol. The first-order chi connectivity index (χ1) is 9.24. The first-order valence-corrected chi connectivity index (χ1v) is 6.90.